The largest absolute Gasteiger partial charge is 0.449 e. The Morgan fingerprint density at radius 1 is 1.45 bits per heavy atom. The predicted molar refractivity (Wildman–Crippen MR) is 80.9 cm³/mol. The predicted octanol–water partition coefficient (Wildman–Crippen LogP) is 2.14. The second kappa shape index (κ2) is 6.78. The summed E-state index contributed by atoms with van der Waals surface area (Å²) in [6, 6.07) is 4.29. The molecule has 0 unspecified atom stereocenters. The number of amides is 1. The van der Waals surface area contributed by atoms with Crippen LogP contribution in [0.4, 0.5) is 5.69 Å². The van der Waals surface area contributed by atoms with Crippen LogP contribution in [-0.4, -0.2) is 35.2 Å². The van der Waals surface area contributed by atoms with Crippen molar-refractivity contribution in [2.45, 2.75) is 36.8 Å². The molecular formula is C14H16N2O5S. The lowest BCUT2D eigenvalue weighted by molar-refractivity contribution is -0.387. The van der Waals surface area contributed by atoms with Crippen LogP contribution in [0.2, 0.25) is 0 Å². The van der Waals surface area contributed by atoms with Gasteiger partial charge in [-0.05, 0) is 38.2 Å². The molecule has 0 saturated heterocycles. The summed E-state index contributed by atoms with van der Waals surface area (Å²) in [5.41, 5.74) is -0.104. The van der Waals surface area contributed by atoms with E-state index < -0.39 is 17.0 Å². The molecule has 7 nitrogen and oxygen atoms in total. The Bertz CT molecular complexity index is 615. The Balaban J connectivity index is 2.06. The maximum absolute atomic E-state index is 12.0. The van der Waals surface area contributed by atoms with Gasteiger partial charge in [-0.25, -0.2) is 4.79 Å². The van der Waals surface area contributed by atoms with Gasteiger partial charge in [0.05, 0.1) is 15.4 Å². The fourth-order valence-corrected chi connectivity index (χ4v) is 2.33. The van der Waals surface area contributed by atoms with Crippen molar-refractivity contribution in [2.24, 2.45) is 0 Å². The topological polar surface area (TPSA) is 98.5 Å². The van der Waals surface area contributed by atoms with Gasteiger partial charge in [0.2, 0.25) is 0 Å². The van der Waals surface area contributed by atoms with E-state index in [2.05, 4.69) is 5.32 Å². The number of benzene rings is 1. The Morgan fingerprint density at radius 2 is 2.14 bits per heavy atom. The molecule has 1 amide bonds. The standard InChI is InChI=1S/C14H16N2O5S/c1-8(13(17)15-10-4-5-10)21-14(18)9-3-6-12(22-2)11(7-9)16(19)20/h3,6-8,10H,4-5H2,1-2H3,(H,15,17)/t8-/m1/s1. The molecule has 0 spiro atoms. The highest BCUT2D eigenvalue weighted by Crippen LogP contribution is 2.28. The van der Waals surface area contributed by atoms with Gasteiger partial charge in [0, 0.05) is 12.1 Å². The molecule has 1 aromatic rings. The number of hydrogen-bond acceptors (Lipinski definition) is 6. The SMILES string of the molecule is CSc1ccc(C(=O)O[C@H](C)C(=O)NC2CC2)cc1[N+](=O)[O-]. The lowest BCUT2D eigenvalue weighted by Gasteiger charge is -2.13. The zero-order chi connectivity index (χ0) is 16.3. The van der Waals surface area contributed by atoms with Crippen molar-refractivity contribution in [3.63, 3.8) is 0 Å². The van der Waals surface area contributed by atoms with Gasteiger partial charge < -0.3 is 10.1 Å². The van der Waals surface area contributed by atoms with Crippen molar-refractivity contribution in [2.75, 3.05) is 6.26 Å². The average molecular weight is 324 g/mol. The second-order valence-corrected chi connectivity index (χ2v) is 5.82. The minimum absolute atomic E-state index is 0.0515. The molecule has 1 saturated carbocycles. The van der Waals surface area contributed by atoms with E-state index in [-0.39, 0.29) is 23.2 Å². The van der Waals surface area contributed by atoms with Gasteiger partial charge in [-0.2, -0.15) is 0 Å². The number of ether oxygens (including phenoxy) is 1. The van der Waals surface area contributed by atoms with E-state index >= 15 is 0 Å². The van der Waals surface area contributed by atoms with Crippen molar-refractivity contribution in [3.8, 4) is 0 Å². The number of rotatable bonds is 6. The van der Waals surface area contributed by atoms with E-state index in [1.54, 1.807) is 6.26 Å². The minimum Gasteiger partial charge on any atom is -0.449 e. The number of nitrogens with zero attached hydrogens (tertiary/aromatic N) is 1. The average Bonchev–Trinajstić information content (AvgIpc) is 3.30. The van der Waals surface area contributed by atoms with Crippen LogP contribution >= 0.6 is 11.8 Å². The summed E-state index contributed by atoms with van der Waals surface area (Å²) < 4.78 is 5.05. The highest BCUT2D eigenvalue weighted by atomic mass is 32.2. The number of thioether (sulfide) groups is 1. The highest BCUT2D eigenvalue weighted by Gasteiger charge is 2.28. The number of hydrogen-bond donors (Lipinski definition) is 1. The monoisotopic (exact) mass is 324 g/mol. The number of nitrogens with one attached hydrogen (secondary N) is 1. The van der Waals surface area contributed by atoms with Crippen molar-refractivity contribution >= 4 is 29.3 Å². The van der Waals surface area contributed by atoms with Gasteiger partial charge in [0.25, 0.3) is 11.6 Å². The van der Waals surface area contributed by atoms with Crippen LogP contribution in [-0.2, 0) is 9.53 Å². The van der Waals surface area contributed by atoms with Crippen LogP contribution < -0.4 is 5.32 Å². The summed E-state index contributed by atoms with van der Waals surface area (Å²) in [4.78, 5) is 34.6. The van der Waals surface area contributed by atoms with Crippen LogP contribution in [0, 0.1) is 10.1 Å². The zero-order valence-corrected chi connectivity index (χ0v) is 13.0. The third kappa shape index (κ3) is 3.97. The van der Waals surface area contributed by atoms with Crippen molar-refractivity contribution in [1.29, 1.82) is 0 Å². The Kier molecular flexibility index (Phi) is 5.02. The van der Waals surface area contributed by atoms with Crippen molar-refractivity contribution in [1.82, 2.24) is 5.32 Å². The zero-order valence-electron chi connectivity index (χ0n) is 12.2. The van der Waals surface area contributed by atoms with Crippen LogP contribution in [0.15, 0.2) is 23.1 Å². The molecule has 0 bridgehead atoms. The molecule has 1 N–H and O–H groups in total. The van der Waals surface area contributed by atoms with Gasteiger partial charge in [0.1, 0.15) is 0 Å². The molecule has 1 aliphatic carbocycles. The molecule has 1 atom stereocenters. The molecule has 0 aliphatic heterocycles. The first-order valence-electron chi connectivity index (χ1n) is 6.76. The first-order valence-corrected chi connectivity index (χ1v) is 7.98. The summed E-state index contributed by atoms with van der Waals surface area (Å²) in [6.45, 7) is 1.47. The molecule has 1 fully saturated rings. The third-order valence-electron chi connectivity index (χ3n) is 3.19. The molecule has 0 aromatic heterocycles. The van der Waals surface area contributed by atoms with Crippen LogP contribution in [0.5, 0.6) is 0 Å². The number of carbonyl (C=O) groups excluding carboxylic acids is 2. The maximum atomic E-state index is 12.0. The molecule has 22 heavy (non-hydrogen) atoms. The smallest absolute Gasteiger partial charge is 0.339 e. The number of esters is 1. The highest BCUT2D eigenvalue weighted by molar-refractivity contribution is 7.98. The van der Waals surface area contributed by atoms with E-state index in [9.17, 15) is 19.7 Å². The Morgan fingerprint density at radius 3 is 2.68 bits per heavy atom. The van der Waals surface area contributed by atoms with Gasteiger partial charge in [-0.3, -0.25) is 14.9 Å². The van der Waals surface area contributed by atoms with E-state index in [0.717, 1.165) is 12.8 Å². The summed E-state index contributed by atoms with van der Waals surface area (Å²) >= 11 is 1.22. The van der Waals surface area contributed by atoms with Gasteiger partial charge in [-0.15, -0.1) is 11.8 Å². The number of nitro benzene ring substituents is 1. The molecule has 2 rings (SSSR count). The van der Waals surface area contributed by atoms with Gasteiger partial charge in [0.15, 0.2) is 6.10 Å². The summed E-state index contributed by atoms with van der Waals surface area (Å²) in [7, 11) is 0. The van der Waals surface area contributed by atoms with Crippen molar-refractivity contribution < 1.29 is 19.2 Å². The normalized spacial score (nSPS) is 15.0. The van der Waals surface area contributed by atoms with Crippen molar-refractivity contribution in [3.05, 3.63) is 33.9 Å². The first-order chi connectivity index (χ1) is 10.4. The summed E-state index contributed by atoms with van der Waals surface area (Å²) in [6.07, 6.45) is 2.65. The number of carbonyl (C=O) groups is 2. The van der Waals surface area contributed by atoms with Crippen LogP contribution in [0.1, 0.15) is 30.1 Å². The van der Waals surface area contributed by atoms with Crippen LogP contribution in [0.3, 0.4) is 0 Å². The summed E-state index contributed by atoms with van der Waals surface area (Å²) in [5.74, 6) is -1.11. The fourth-order valence-electron chi connectivity index (χ4n) is 1.79. The van der Waals surface area contributed by atoms with E-state index in [1.165, 1.54) is 36.9 Å². The second-order valence-electron chi connectivity index (χ2n) is 4.97. The third-order valence-corrected chi connectivity index (χ3v) is 3.97. The lowest BCUT2D eigenvalue weighted by Crippen LogP contribution is -2.37. The van der Waals surface area contributed by atoms with Gasteiger partial charge in [-0.1, -0.05) is 0 Å². The maximum Gasteiger partial charge on any atom is 0.339 e. The molecule has 0 heterocycles. The molecule has 118 valence electrons. The Labute approximate surface area is 131 Å². The van der Waals surface area contributed by atoms with E-state index in [1.807, 2.05) is 0 Å². The molecule has 1 aromatic carbocycles. The summed E-state index contributed by atoms with van der Waals surface area (Å²) in [5, 5.41) is 13.7. The molecular weight excluding hydrogens is 308 g/mol. The van der Waals surface area contributed by atoms with E-state index in [4.69, 9.17) is 4.74 Å². The fraction of sp³-hybridized carbons (Fsp3) is 0.429. The Hall–Kier alpha value is -2.09. The molecule has 8 heteroatoms. The van der Waals surface area contributed by atoms with Crippen LogP contribution in [0.25, 0.3) is 0 Å². The quantitative estimate of drug-likeness (QED) is 0.372. The minimum atomic E-state index is -0.938. The lowest BCUT2D eigenvalue weighted by atomic mass is 10.2. The van der Waals surface area contributed by atoms with E-state index in [0.29, 0.717) is 4.90 Å². The number of nitro groups is 1. The van der Waals surface area contributed by atoms with Gasteiger partial charge >= 0.3 is 5.97 Å². The first kappa shape index (κ1) is 16.3. The molecule has 1 aliphatic rings. The molecule has 0 radical (unpaired) electrons.